The fraction of sp³-hybridized carbons (Fsp3) is 0.294. The zero-order valence-electron chi connectivity index (χ0n) is 13.2. The number of fused-ring (bicyclic) bond motifs is 6. The number of aliphatic imine (C=N–C) groups is 1. The van der Waals surface area contributed by atoms with E-state index in [9.17, 15) is 0 Å². The molecule has 1 aliphatic carbocycles. The molecule has 6 rings (SSSR count). The number of halogens is 1. The molecule has 0 N–H and O–H groups in total. The first kappa shape index (κ1) is 13.6. The van der Waals surface area contributed by atoms with Gasteiger partial charge in [0.1, 0.15) is 12.2 Å². The maximum absolute atomic E-state index is 6.20. The first-order chi connectivity index (χ1) is 12.3. The lowest BCUT2D eigenvalue weighted by molar-refractivity contribution is 0.421. The van der Waals surface area contributed by atoms with Gasteiger partial charge in [-0.2, -0.15) is 4.98 Å². The molecule has 1 fully saturated rings. The zero-order chi connectivity index (χ0) is 16.5. The van der Waals surface area contributed by atoms with Gasteiger partial charge in [-0.15, -0.1) is 0 Å². The molecule has 25 heavy (non-hydrogen) atoms. The number of aromatic nitrogens is 4. The normalized spacial score (nSPS) is 18.0. The summed E-state index contributed by atoms with van der Waals surface area (Å²) in [7, 11) is 0. The number of rotatable bonds is 2. The molecule has 0 atom stereocenters. The Bertz CT molecular complexity index is 1050. The Hall–Kier alpha value is -2.67. The molecule has 7 nitrogen and oxygen atoms in total. The molecule has 2 aliphatic heterocycles. The van der Waals surface area contributed by atoms with E-state index in [0.717, 1.165) is 54.7 Å². The smallest absolute Gasteiger partial charge is 0.280 e. The Labute approximate surface area is 147 Å². The van der Waals surface area contributed by atoms with Crippen LogP contribution in [0.1, 0.15) is 30.1 Å². The van der Waals surface area contributed by atoms with Gasteiger partial charge in [0.15, 0.2) is 17.3 Å². The highest BCUT2D eigenvalue weighted by Crippen LogP contribution is 2.42. The minimum Gasteiger partial charge on any atom is -0.332 e. The third-order valence-electron chi connectivity index (χ3n) is 4.88. The molecule has 0 amide bonds. The van der Waals surface area contributed by atoms with Crippen LogP contribution in [0.5, 0.6) is 0 Å². The fourth-order valence-electron chi connectivity index (χ4n) is 3.55. The van der Waals surface area contributed by atoms with E-state index in [1.54, 1.807) is 6.33 Å². The van der Waals surface area contributed by atoms with Crippen molar-refractivity contribution in [3.63, 3.8) is 0 Å². The van der Waals surface area contributed by atoms with Crippen LogP contribution in [0.15, 0.2) is 34.0 Å². The summed E-state index contributed by atoms with van der Waals surface area (Å²) < 4.78 is 7.56. The molecule has 1 aromatic carbocycles. The summed E-state index contributed by atoms with van der Waals surface area (Å²) in [4.78, 5) is 16.0. The number of hydrogen-bond donors (Lipinski definition) is 0. The largest absolute Gasteiger partial charge is 0.332 e. The first-order valence-electron chi connectivity index (χ1n) is 8.33. The third kappa shape index (κ3) is 1.87. The number of amidine groups is 1. The van der Waals surface area contributed by atoms with Gasteiger partial charge >= 0.3 is 0 Å². The third-order valence-corrected chi connectivity index (χ3v) is 5.12. The SMILES string of the molecule is Clc1ccc2c(c1)C1=NCCN1c1c(-c3nc(C4CC4)no3)ncn1-2. The second-order valence-electron chi connectivity index (χ2n) is 6.54. The predicted octanol–water partition coefficient (Wildman–Crippen LogP) is 3.03. The van der Waals surface area contributed by atoms with Crippen LogP contribution in [0, 0.1) is 0 Å². The molecule has 0 saturated heterocycles. The van der Waals surface area contributed by atoms with E-state index in [4.69, 9.17) is 16.1 Å². The predicted molar refractivity (Wildman–Crippen MR) is 92.6 cm³/mol. The number of benzene rings is 1. The van der Waals surface area contributed by atoms with Gasteiger partial charge in [0.2, 0.25) is 0 Å². The van der Waals surface area contributed by atoms with E-state index in [1.807, 2.05) is 22.8 Å². The summed E-state index contributed by atoms with van der Waals surface area (Å²) in [6, 6.07) is 5.83. The van der Waals surface area contributed by atoms with Crippen LogP contribution in [0.25, 0.3) is 17.3 Å². The molecule has 3 aromatic rings. The van der Waals surface area contributed by atoms with Crippen molar-refractivity contribution in [2.75, 3.05) is 18.0 Å². The molecule has 3 aliphatic rings. The van der Waals surface area contributed by atoms with E-state index in [-0.39, 0.29) is 0 Å². The van der Waals surface area contributed by atoms with Crippen LogP contribution < -0.4 is 4.90 Å². The van der Waals surface area contributed by atoms with Gasteiger partial charge in [-0.3, -0.25) is 9.56 Å². The quantitative estimate of drug-likeness (QED) is 0.708. The number of imidazole rings is 1. The van der Waals surface area contributed by atoms with Gasteiger partial charge in [-0.05, 0) is 31.0 Å². The second-order valence-corrected chi connectivity index (χ2v) is 6.97. The lowest BCUT2D eigenvalue weighted by Gasteiger charge is -2.29. The number of nitrogens with zero attached hydrogens (tertiary/aromatic N) is 6. The van der Waals surface area contributed by atoms with E-state index in [1.165, 1.54) is 0 Å². The molecule has 0 unspecified atom stereocenters. The van der Waals surface area contributed by atoms with E-state index in [0.29, 0.717) is 22.5 Å². The lowest BCUT2D eigenvalue weighted by atomic mass is 10.1. The van der Waals surface area contributed by atoms with Crippen LogP contribution in [0.3, 0.4) is 0 Å². The maximum Gasteiger partial charge on any atom is 0.280 e. The summed E-state index contributed by atoms with van der Waals surface area (Å²) >= 11 is 6.20. The molecular weight excluding hydrogens is 340 g/mol. The molecule has 124 valence electrons. The Kier molecular flexibility index (Phi) is 2.55. The van der Waals surface area contributed by atoms with E-state index < -0.39 is 0 Å². The molecule has 8 heteroatoms. The van der Waals surface area contributed by atoms with Gasteiger partial charge in [0.25, 0.3) is 5.89 Å². The van der Waals surface area contributed by atoms with Gasteiger partial charge in [0.05, 0.1) is 12.2 Å². The maximum atomic E-state index is 6.20. The Morgan fingerprint density at radius 1 is 1.24 bits per heavy atom. The van der Waals surface area contributed by atoms with Gasteiger partial charge in [0, 0.05) is 23.0 Å². The Balaban J connectivity index is 1.56. The standard InChI is InChI=1S/C17H13ClN6O/c18-10-3-4-12-11(7-10)15-19-5-6-23(15)17-13(20-8-24(12)17)16-21-14(22-25-16)9-1-2-9/h3-4,7-9H,1-2,5-6H2. The van der Waals surface area contributed by atoms with Crippen molar-refractivity contribution in [1.82, 2.24) is 19.7 Å². The van der Waals surface area contributed by atoms with Crippen molar-refractivity contribution in [1.29, 1.82) is 0 Å². The Morgan fingerprint density at radius 2 is 2.16 bits per heavy atom. The van der Waals surface area contributed by atoms with E-state index >= 15 is 0 Å². The fourth-order valence-corrected chi connectivity index (χ4v) is 3.72. The second kappa shape index (κ2) is 4.70. The summed E-state index contributed by atoms with van der Waals surface area (Å²) in [5, 5.41) is 4.82. The molecule has 0 radical (unpaired) electrons. The van der Waals surface area contributed by atoms with Crippen molar-refractivity contribution in [3.05, 3.63) is 40.9 Å². The summed E-state index contributed by atoms with van der Waals surface area (Å²) in [6.45, 7) is 1.53. The highest BCUT2D eigenvalue weighted by molar-refractivity contribution is 6.31. The average molecular weight is 353 g/mol. The van der Waals surface area contributed by atoms with Gasteiger partial charge in [-0.25, -0.2) is 4.98 Å². The molecule has 1 saturated carbocycles. The van der Waals surface area contributed by atoms with Crippen molar-refractivity contribution in [2.24, 2.45) is 4.99 Å². The molecular formula is C17H13ClN6O. The number of anilines is 1. The van der Waals surface area contributed by atoms with Crippen LogP contribution >= 0.6 is 11.6 Å². The van der Waals surface area contributed by atoms with Gasteiger partial charge in [-0.1, -0.05) is 16.8 Å². The molecule has 2 aromatic heterocycles. The van der Waals surface area contributed by atoms with Crippen molar-refractivity contribution in [2.45, 2.75) is 18.8 Å². The summed E-state index contributed by atoms with van der Waals surface area (Å²) in [5.41, 5.74) is 2.73. The highest BCUT2D eigenvalue weighted by atomic mass is 35.5. The minimum atomic E-state index is 0.447. The zero-order valence-corrected chi connectivity index (χ0v) is 13.9. The Morgan fingerprint density at radius 3 is 3.04 bits per heavy atom. The number of hydrogen-bond acceptors (Lipinski definition) is 6. The highest BCUT2D eigenvalue weighted by Gasteiger charge is 2.36. The van der Waals surface area contributed by atoms with Crippen molar-refractivity contribution < 1.29 is 4.52 Å². The summed E-state index contributed by atoms with van der Waals surface area (Å²) in [6.07, 6.45) is 4.07. The van der Waals surface area contributed by atoms with Crippen LogP contribution in [0.4, 0.5) is 5.82 Å². The van der Waals surface area contributed by atoms with Crippen LogP contribution in [-0.2, 0) is 0 Å². The van der Waals surface area contributed by atoms with Crippen LogP contribution in [0.2, 0.25) is 5.02 Å². The molecule has 0 bridgehead atoms. The minimum absolute atomic E-state index is 0.447. The topological polar surface area (TPSA) is 72.3 Å². The van der Waals surface area contributed by atoms with Gasteiger partial charge < -0.3 is 9.42 Å². The molecule has 4 heterocycles. The molecule has 0 spiro atoms. The first-order valence-corrected chi connectivity index (χ1v) is 8.71. The monoisotopic (exact) mass is 352 g/mol. The van der Waals surface area contributed by atoms with Crippen LogP contribution in [-0.4, -0.2) is 38.6 Å². The summed E-state index contributed by atoms with van der Waals surface area (Å²) in [5.74, 6) is 3.56. The average Bonchev–Trinajstić information content (AvgIpc) is 3.04. The van der Waals surface area contributed by atoms with E-state index in [2.05, 4.69) is 25.0 Å². The van der Waals surface area contributed by atoms with Crippen molar-refractivity contribution >= 4 is 23.3 Å². The van der Waals surface area contributed by atoms with Crippen molar-refractivity contribution in [3.8, 4) is 17.3 Å². The lowest BCUT2D eigenvalue weighted by Crippen LogP contribution is -2.34.